The fraction of sp³-hybridized carbons (Fsp3) is 0.360. The third-order valence-corrected chi connectivity index (χ3v) is 5.76. The number of anilines is 1. The topological polar surface area (TPSA) is 57.6 Å². The number of carbonyl (C=O) groups excluding carboxylic acids is 2. The van der Waals surface area contributed by atoms with Gasteiger partial charge in [0.05, 0.1) is 11.6 Å². The molecule has 158 valence electrons. The molecule has 0 bridgehead atoms. The molecule has 1 unspecified atom stereocenters. The highest BCUT2D eigenvalue weighted by Gasteiger charge is 2.45. The monoisotopic (exact) mass is 425 g/mol. The molecular formula is C25H28ClNO3. The van der Waals surface area contributed by atoms with Gasteiger partial charge in [-0.2, -0.15) is 0 Å². The van der Waals surface area contributed by atoms with Gasteiger partial charge in [0.1, 0.15) is 0 Å². The summed E-state index contributed by atoms with van der Waals surface area (Å²) < 4.78 is 0. The van der Waals surface area contributed by atoms with Crippen molar-refractivity contribution >= 4 is 29.0 Å². The molecule has 5 heteroatoms. The number of aliphatic hydroxyl groups is 1. The van der Waals surface area contributed by atoms with Gasteiger partial charge < -0.3 is 5.11 Å². The molecule has 1 aliphatic heterocycles. The Balaban J connectivity index is 2.21. The van der Waals surface area contributed by atoms with Crippen LogP contribution in [-0.4, -0.2) is 16.8 Å². The molecule has 0 saturated carbocycles. The molecule has 1 atom stereocenters. The summed E-state index contributed by atoms with van der Waals surface area (Å²) in [4.78, 5) is 27.6. The zero-order valence-corrected chi connectivity index (χ0v) is 19.0. The normalized spacial score (nSPS) is 17.3. The fourth-order valence-electron chi connectivity index (χ4n) is 3.74. The molecule has 1 aliphatic rings. The molecular weight excluding hydrogens is 398 g/mol. The predicted molar refractivity (Wildman–Crippen MR) is 121 cm³/mol. The zero-order chi connectivity index (χ0) is 22.4. The average Bonchev–Trinajstić information content (AvgIpc) is 2.93. The summed E-state index contributed by atoms with van der Waals surface area (Å²) in [6, 6.07) is 12.4. The van der Waals surface area contributed by atoms with E-state index in [0.29, 0.717) is 10.7 Å². The number of hydrogen-bond donors (Lipinski definition) is 1. The number of hydrogen-bond acceptors (Lipinski definition) is 3. The van der Waals surface area contributed by atoms with Crippen molar-refractivity contribution in [2.75, 3.05) is 4.90 Å². The van der Waals surface area contributed by atoms with Gasteiger partial charge in [-0.25, -0.2) is 0 Å². The van der Waals surface area contributed by atoms with Crippen molar-refractivity contribution in [2.45, 2.75) is 53.0 Å². The first kappa shape index (κ1) is 22.1. The Kier molecular flexibility index (Phi) is 5.83. The lowest BCUT2D eigenvalue weighted by Crippen LogP contribution is -2.32. The number of benzene rings is 2. The highest BCUT2D eigenvalue weighted by molar-refractivity contribution is 6.31. The summed E-state index contributed by atoms with van der Waals surface area (Å²) in [6.45, 7) is 11.8. The second-order valence-electron chi connectivity index (χ2n) is 9.16. The van der Waals surface area contributed by atoms with Gasteiger partial charge >= 0.3 is 0 Å². The van der Waals surface area contributed by atoms with Crippen LogP contribution >= 0.6 is 11.6 Å². The van der Waals surface area contributed by atoms with Crippen LogP contribution in [0, 0.1) is 12.8 Å². The van der Waals surface area contributed by atoms with Gasteiger partial charge in [-0.05, 0) is 41.2 Å². The van der Waals surface area contributed by atoms with Crippen LogP contribution in [0.25, 0.3) is 0 Å². The second kappa shape index (κ2) is 7.92. The smallest absolute Gasteiger partial charge is 0.294 e. The minimum atomic E-state index is -0.710. The third-order valence-electron chi connectivity index (χ3n) is 5.52. The van der Waals surface area contributed by atoms with Crippen LogP contribution in [-0.2, 0) is 15.0 Å². The molecule has 0 aromatic heterocycles. The van der Waals surface area contributed by atoms with Crippen molar-refractivity contribution in [1.82, 2.24) is 0 Å². The summed E-state index contributed by atoms with van der Waals surface area (Å²) in [7, 11) is 0. The minimum Gasteiger partial charge on any atom is -0.503 e. The number of halogens is 1. The second-order valence-corrected chi connectivity index (χ2v) is 9.60. The van der Waals surface area contributed by atoms with E-state index >= 15 is 0 Å². The van der Waals surface area contributed by atoms with E-state index in [1.165, 1.54) is 4.90 Å². The predicted octanol–water partition coefficient (Wildman–Crippen LogP) is 6.07. The maximum Gasteiger partial charge on any atom is 0.294 e. The van der Waals surface area contributed by atoms with Crippen molar-refractivity contribution in [2.24, 2.45) is 5.92 Å². The molecule has 1 amide bonds. The van der Waals surface area contributed by atoms with E-state index in [1.807, 2.05) is 37.3 Å². The van der Waals surface area contributed by atoms with Crippen LogP contribution in [0.5, 0.6) is 0 Å². The summed E-state index contributed by atoms with van der Waals surface area (Å²) in [5.41, 5.74) is 3.43. The molecule has 0 aliphatic carbocycles. The van der Waals surface area contributed by atoms with Crippen molar-refractivity contribution in [3.05, 3.63) is 75.5 Å². The van der Waals surface area contributed by atoms with Crippen LogP contribution in [0.4, 0.5) is 5.69 Å². The highest BCUT2D eigenvalue weighted by atomic mass is 35.5. The first-order valence-corrected chi connectivity index (χ1v) is 10.5. The van der Waals surface area contributed by atoms with Crippen molar-refractivity contribution in [1.29, 1.82) is 0 Å². The molecule has 4 nitrogen and oxygen atoms in total. The number of amides is 1. The zero-order valence-electron chi connectivity index (χ0n) is 18.3. The van der Waals surface area contributed by atoms with Crippen molar-refractivity contribution in [3.63, 3.8) is 0 Å². The van der Waals surface area contributed by atoms with E-state index in [9.17, 15) is 14.7 Å². The van der Waals surface area contributed by atoms with Gasteiger partial charge in [0.15, 0.2) is 11.5 Å². The fourth-order valence-corrected chi connectivity index (χ4v) is 3.91. The van der Waals surface area contributed by atoms with Gasteiger partial charge in [-0.15, -0.1) is 0 Å². The Morgan fingerprint density at radius 1 is 1.10 bits per heavy atom. The van der Waals surface area contributed by atoms with Crippen LogP contribution in [0.3, 0.4) is 0 Å². The van der Waals surface area contributed by atoms with Crippen LogP contribution in [0.1, 0.15) is 57.4 Å². The van der Waals surface area contributed by atoms with Gasteiger partial charge in [0.2, 0.25) is 0 Å². The van der Waals surface area contributed by atoms with E-state index < -0.39 is 17.7 Å². The Labute approximate surface area is 183 Å². The van der Waals surface area contributed by atoms with Gasteiger partial charge in [0.25, 0.3) is 5.91 Å². The maximum atomic E-state index is 13.1. The summed E-state index contributed by atoms with van der Waals surface area (Å²) in [6.07, 6.45) is 0. The maximum absolute atomic E-state index is 13.1. The molecule has 3 rings (SSSR count). The van der Waals surface area contributed by atoms with E-state index in [-0.39, 0.29) is 22.7 Å². The summed E-state index contributed by atoms with van der Waals surface area (Å²) in [5, 5.41) is 11.2. The molecule has 2 aromatic carbocycles. The SMILES string of the molecule is Cc1ccc(Cl)cc1N1C(=O)C(O)=C(C(=O)C(C)C)C1c1ccc(C(C)(C)C)cc1. The number of aliphatic hydroxyl groups excluding tert-OH is 1. The lowest BCUT2D eigenvalue weighted by molar-refractivity contribution is -0.119. The lowest BCUT2D eigenvalue weighted by atomic mass is 9.85. The minimum absolute atomic E-state index is 0.0260. The molecule has 0 spiro atoms. The number of Topliss-reactive ketones (excluding diaryl/α,β-unsaturated/α-hetero) is 1. The molecule has 1 heterocycles. The van der Waals surface area contributed by atoms with E-state index in [2.05, 4.69) is 20.8 Å². The largest absolute Gasteiger partial charge is 0.503 e. The van der Waals surface area contributed by atoms with Gasteiger partial charge in [0, 0.05) is 16.6 Å². The number of ketones is 1. The highest BCUT2D eigenvalue weighted by Crippen LogP contribution is 2.43. The van der Waals surface area contributed by atoms with E-state index in [1.54, 1.807) is 26.0 Å². The molecule has 30 heavy (non-hydrogen) atoms. The molecule has 1 N–H and O–H groups in total. The Bertz CT molecular complexity index is 1030. The summed E-state index contributed by atoms with van der Waals surface area (Å²) in [5.74, 6) is -1.67. The first-order valence-electron chi connectivity index (χ1n) is 10.1. The summed E-state index contributed by atoms with van der Waals surface area (Å²) >= 11 is 6.21. The first-order chi connectivity index (χ1) is 13.9. The van der Waals surface area contributed by atoms with Gasteiger partial charge in [-0.3, -0.25) is 14.5 Å². The average molecular weight is 426 g/mol. The number of nitrogens with zero attached hydrogens (tertiary/aromatic N) is 1. The lowest BCUT2D eigenvalue weighted by Gasteiger charge is -2.29. The van der Waals surface area contributed by atoms with E-state index in [4.69, 9.17) is 11.6 Å². The molecule has 0 radical (unpaired) electrons. The third kappa shape index (κ3) is 3.89. The van der Waals surface area contributed by atoms with Crippen LogP contribution in [0.15, 0.2) is 53.8 Å². The van der Waals surface area contributed by atoms with Crippen LogP contribution < -0.4 is 4.90 Å². The van der Waals surface area contributed by atoms with Gasteiger partial charge in [-0.1, -0.05) is 76.6 Å². The Hall–Kier alpha value is -2.59. The molecule has 2 aromatic rings. The Morgan fingerprint density at radius 2 is 1.70 bits per heavy atom. The molecule has 0 fully saturated rings. The van der Waals surface area contributed by atoms with Crippen molar-refractivity contribution in [3.8, 4) is 0 Å². The standard InChI is InChI=1S/C25H28ClNO3/c1-14(2)22(28)20-21(16-8-10-17(11-9-16)25(4,5)6)27(24(30)23(20)29)19-13-18(26)12-7-15(19)3/h7-14,21,29H,1-6H3. The molecule has 0 saturated heterocycles. The Morgan fingerprint density at radius 3 is 2.23 bits per heavy atom. The van der Waals surface area contributed by atoms with Crippen LogP contribution in [0.2, 0.25) is 5.02 Å². The number of aryl methyl sites for hydroxylation is 1. The quantitative estimate of drug-likeness (QED) is 0.646. The number of rotatable bonds is 4. The number of carbonyl (C=O) groups is 2. The van der Waals surface area contributed by atoms with Crippen molar-refractivity contribution < 1.29 is 14.7 Å². The van der Waals surface area contributed by atoms with E-state index in [0.717, 1.165) is 16.7 Å².